The van der Waals surface area contributed by atoms with E-state index in [0.29, 0.717) is 27.8 Å². The molecule has 1 amide bonds. The Labute approximate surface area is 168 Å². The van der Waals surface area contributed by atoms with Crippen LogP contribution in [0.25, 0.3) is 0 Å². The number of amides is 1. The van der Waals surface area contributed by atoms with Gasteiger partial charge in [0.2, 0.25) is 0 Å². The number of nitrogens with one attached hydrogen (secondary N) is 1. The Morgan fingerprint density at radius 1 is 1.36 bits per heavy atom. The van der Waals surface area contributed by atoms with E-state index >= 15 is 0 Å². The third kappa shape index (κ3) is 4.34. The van der Waals surface area contributed by atoms with Gasteiger partial charge in [0, 0.05) is 4.88 Å². The number of benzene rings is 1. The molecule has 3 rings (SSSR count). The fourth-order valence-electron chi connectivity index (χ4n) is 3.25. The molecule has 2 aromatic rings. The Bertz CT molecular complexity index is 929. The van der Waals surface area contributed by atoms with E-state index in [1.54, 1.807) is 31.2 Å². The lowest BCUT2D eigenvalue weighted by Gasteiger charge is -2.18. The summed E-state index contributed by atoms with van der Waals surface area (Å²) in [5.41, 5.74) is 1.83. The number of anilines is 1. The molecule has 1 aromatic heterocycles. The average molecular weight is 398 g/mol. The Morgan fingerprint density at radius 2 is 2.14 bits per heavy atom. The summed E-state index contributed by atoms with van der Waals surface area (Å²) in [6.07, 6.45) is 2.72. The van der Waals surface area contributed by atoms with Gasteiger partial charge in [-0.1, -0.05) is 19.1 Å². The van der Waals surface area contributed by atoms with Crippen molar-refractivity contribution in [3.8, 4) is 11.8 Å². The zero-order chi connectivity index (χ0) is 20.1. The molecule has 6 nitrogen and oxygen atoms in total. The lowest BCUT2D eigenvalue weighted by atomic mass is 9.88. The second-order valence-electron chi connectivity index (χ2n) is 6.72. The lowest BCUT2D eigenvalue weighted by Crippen LogP contribution is -2.21. The first-order valence-electron chi connectivity index (χ1n) is 9.26. The fraction of sp³-hybridized carbons (Fsp3) is 0.381. The summed E-state index contributed by atoms with van der Waals surface area (Å²) in [4.78, 5) is 26.1. The summed E-state index contributed by atoms with van der Waals surface area (Å²) in [6, 6.07) is 8.76. The highest BCUT2D eigenvalue weighted by Gasteiger charge is 2.29. The molecular formula is C21H22N2O4S. The van der Waals surface area contributed by atoms with Gasteiger partial charge in [-0.15, -0.1) is 11.3 Å². The molecule has 0 unspecified atom stereocenters. The number of hydrogen-bond acceptors (Lipinski definition) is 6. The molecule has 1 heterocycles. The highest BCUT2D eigenvalue weighted by atomic mass is 32.1. The van der Waals surface area contributed by atoms with Crippen molar-refractivity contribution in [1.29, 1.82) is 5.26 Å². The van der Waals surface area contributed by atoms with E-state index in [4.69, 9.17) is 14.7 Å². The van der Waals surface area contributed by atoms with Crippen LogP contribution in [0, 0.1) is 17.2 Å². The maximum atomic E-state index is 12.5. The molecular weight excluding hydrogens is 376 g/mol. The predicted octanol–water partition coefficient (Wildman–Crippen LogP) is 3.94. The normalized spacial score (nSPS) is 15.2. The summed E-state index contributed by atoms with van der Waals surface area (Å²) in [5.74, 6) is 0.117. The average Bonchev–Trinajstić information content (AvgIpc) is 3.03. The number of nitrogens with zero attached hydrogens (tertiary/aromatic N) is 1. The number of thiophene rings is 1. The number of fused-ring (bicyclic) bond motifs is 1. The monoisotopic (exact) mass is 398 g/mol. The van der Waals surface area contributed by atoms with Gasteiger partial charge < -0.3 is 14.8 Å². The highest BCUT2D eigenvalue weighted by molar-refractivity contribution is 7.17. The number of ether oxygens (including phenoxy) is 2. The zero-order valence-electron chi connectivity index (χ0n) is 15.9. The molecule has 1 N–H and O–H groups in total. The smallest absolute Gasteiger partial charge is 0.341 e. The van der Waals surface area contributed by atoms with E-state index in [-0.39, 0.29) is 19.1 Å². The summed E-state index contributed by atoms with van der Waals surface area (Å²) >= 11 is 1.44. The van der Waals surface area contributed by atoms with Gasteiger partial charge in [0.05, 0.1) is 17.7 Å². The van der Waals surface area contributed by atoms with Crippen LogP contribution in [0.3, 0.4) is 0 Å². The minimum Gasteiger partial charge on any atom is -0.482 e. The first-order valence-corrected chi connectivity index (χ1v) is 10.1. The van der Waals surface area contributed by atoms with Crippen LogP contribution in [0.2, 0.25) is 0 Å². The Balaban J connectivity index is 1.76. The summed E-state index contributed by atoms with van der Waals surface area (Å²) in [5, 5.41) is 12.4. The number of esters is 1. The van der Waals surface area contributed by atoms with Crippen LogP contribution in [0.5, 0.6) is 5.75 Å². The largest absolute Gasteiger partial charge is 0.482 e. The molecule has 7 heteroatoms. The van der Waals surface area contributed by atoms with Gasteiger partial charge in [0.25, 0.3) is 5.91 Å². The molecule has 0 bridgehead atoms. The molecule has 1 aliphatic rings. The third-order valence-corrected chi connectivity index (χ3v) is 5.78. The predicted molar refractivity (Wildman–Crippen MR) is 107 cm³/mol. The number of hydrogen-bond donors (Lipinski definition) is 1. The van der Waals surface area contributed by atoms with E-state index in [9.17, 15) is 9.59 Å². The van der Waals surface area contributed by atoms with E-state index in [0.717, 1.165) is 29.7 Å². The molecule has 0 radical (unpaired) electrons. The second kappa shape index (κ2) is 8.89. The molecule has 0 aliphatic heterocycles. The van der Waals surface area contributed by atoms with Crippen LogP contribution in [0.1, 0.15) is 46.6 Å². The van der Waals surface area contributed by atoms with Gasteiger partial charge in [0.1, 0.15) is 16.8 Å². The topological polar surface area (TPSA) is 88.4 Å². The van der Waals surface area contributed by atoms with Crippen molar-refractivity contribution in [3.05, 3.63) is 45.8 Å². The minimum absolute atomic E-state index is 0.250. The maximum Gasteiger partial charge on any atom is 0.341 e. The molecule has 0 spiro atoms. The standard InChI is InChI=1S/C21H22N2O4S/c1-3-26-21(25)19-15-9-8-13(2)10-17(15)28-20(19)23-18(24)12-27-16-7-5-4-6-14(16)11-22/h4-7,13H,3,8-10,12H2,1-2H3,(H,23,24)/t13-/m1/s1. The molecule has 0 saturated heterocycles. The van der Waals surface area contributed by atoms with E-state index in [2.05, 4.69) is 12.2 Å². The molecule has 1 atom stereocenters. The number of para-hydroxylation sites is 1. The Kier molecular flexibility index (Phi) is 6.32. The van der Waals surface area contributed by atoms with Crippen molar-refractivity contribution in [3.63, 3.8) is 0 Å². The molecule has 146 valence electrons. The highest BCUT2D eigenvalue weighted by Crippen LogP contribution is 2.40. The van der Waals surface area contributed by atoms with Crippen LogP contribution < -0.4 is 10.1 Å². The molecule has 1 aliphatic carbocycles. The molecule has 0 saturated carbocycles. The van der Waals surface area contributed by atoms with E-state index < -0.39 is 5.97 Å². The molecule has 0 fully saturated rings. The van der Waals surface area contributed by atoms with Crippen molar-refractivity contribution in [2.45, 2.75) is 33.1 Å². The second-order valence-corrected chi connectivity index (χ2v) is 7.83. The van der Waals surface area contributed by atoms with Crippen LogP contribution in [-0.4, -0.2) is 25.1 Å². The Morgan fingerprint density at radius 3 is 2.89 bits per heavy atom. The van der Waals surface area contributed by atoms with Gasteiger partial charge in [-0.3, -0.25) is 4.79 Å². The third-order valence-electron chi connectivity index (χ3n) is 4.61. The van der Waals surface area contributed by atoms with Gasteiger partial charge in [0.15, 0.2) is 6.61 Å². The van der Waals surface area contributed by atoms with E-state index in [1.807, 2.05) is 6.07 Å². The van der Waals surface area contributed by atoms with Crippen LogP contribution in [0.4, 0.5) is 5.00 Å². The first kappa shape index (κ1) is 19.9. The summed E-state index contributed by atoms with van der Waals surface area (Å²) < 4.78 is 10.7. The summed E-state index contributed by atoms with van der Waals surface area (Å²) in [6.45, 7) is 3.98. The van der Waals surface area contributed by atoms with Crippen LogP contribution in [0.15, 0.2) is 24.3 Å². The van der Waals surface area contributed by atoms with Crippen molar-refractivity contribution in [2.75, 3.05) is 18.5 Å². The number of rotatable bonds is 6. The lowest BCUT2D eigenvalue weighted by molar-refractivity contribution is -0.118. The van der Waals surface area contributed by atoms with Gasteiger partial charge in [-0.05, 0) is 49.8 Å². The van der Waals surface area contributed by atoms with E-state index in [1.165, 1.54) is 11.3 Å². The zero-order valence-corrected chi connectivity index (χ0v) is 16.7. The van der Waals surface area contributed by atoms with Crippen LogP contribution in [-0.2, 0) is 22.4 Å². The molecule has 1 aromatic carbocycles. The number of carbonyl (C=O) groups excluding carboxylic acids is 2. The van der Waals surface area contributed by atoms with Crippen molar-refractivity contribution < 1.29 is 19.1 Å². The van der Waals surface area contributed by atoms with Gasteiger partial charge in [-0.2, -0.15) is 5.26 Å². The van der Waals surface area contributed by atoms with Gasteiger partial charge >= 0.3 is 5.97 Å². The number of nitriles is 1. The minimum atomic E-state index is -0.402. The van der Waals surface area contributed by atoms with Gasteiger partial charge in [-0.25, -0.2) is 4.79 Å². The Hall–Kier alpha value is -2.85. The SMILES string of the molecule is CCOC(=O)c1c(NC(=O)COc2ccccc2C#N)sc2c1CC[C@@H](C)C2. The molecule has 28 heavy (non-hydrogen) atoms. The summed E-state index contributed by atoms with van der Waals surface area (Å²) in [7, 11) is 0. The quantitative estimate of drug-likeness (QED) is 0.745. The van der Waals surface area contributed by atoms with Crippen molar-refractivity contribution >= 4 is 28.2 Å². The van der Waals surface area contributed by atoms with Crippen molar-refractivity contribution in [2.24, 2.45) is 5.92 Å². The first-order chi connectivity index (χ1) is 13.5. The van der Waals surface area contributed by atoms with Crippen LogP contribution >= 0.6 is 11.3 Å². The fourth-order valence-corrected chi connectivity index (χ4v) is 4.66. The maximum absolute atomic E-state index is 12.5. The number of carbonyl (C=O) groups is 2. The van der Waals surface area contributed by atoms with Crippen molar-refractivity contribution in [1.82, 2.24) is 0 Å².